The first-order chi connectivity index (χ1) is 17.7. The van der Waals surface area contributed by atoms with Gasteiger partial charge in [-0.05, 0) is 67.1 Å². The molecule has 0 N–H and O–H groups in total. The molecule has 5 nitrogen and oxygen atoms in total. The number of thiophene rings is 1. The third-order valence-corrected chi connectivity index (χ3v) is 7.71. The van der Waals surface area contributed by atoms with Crippen LogP contribution in [0.3, 0.4) is 0 Å². The van der Waals surface area contributed by atoms with Gasteiger partial charge in [0.2, 0.25) is 0 Å². The maximum absolute atomic E-state index is 12.9. The molecule has 4 aromatic rings. The number of fused-ring (bicyclic) bond motifs is 1. The van der Waals surface area contributed by atoms with Gasteiger partial charge in [-0.15, -0.1) is 11.3 Å². The summed E-state index contributed by atoms with van der Waals surface area (Å²) < 4.78 is 6.16. The van der Waals surface area contributed by atoms with E-state index in [1.807, 2.05) is 35.8 Å². The molecule has 1 fully saturated rings. The summed E-state index contributed by atoms with van der Waals surface area (Å²) in [4.78, 5) is 22.7. The quantitative estimate of drug-likeness (QED) is 0.268. The van der Waals surface area contributed by atoms with E-state index in [9.17, 15) is 4.79 Å². The maximum atomic E-state index is 12.9. The van der Waals surface area contributed by atoms with Gasteiger partial charge in [0, 0.05) is 43.7 Å². The summed E-state index contributed by atoms with van der Waals surface area (Å²) in [7, 11) is 2.14. The highest BCUT2D eigenvalue weighted by atomic mass is 32.1. The number of pyridine rings is 1. The van der Waals surface area contributed by atoms with Crippen molar-refractivity contribution in [2.45, 2.75) is 44.8 Å². The van der Waals surface area contributed by atoms with Crippen LogP contribution in [0.5, 0.6) is 5.75 Å². The molecule has 0 bridgehead atoms. The second-order valence-electron chi connectivity index (χ2n) is 9.57. The molecule has 186 valence electrons. The van der Waals surface area contributed by atoms with Crippen LogP contribution in [0.15, 0.2) is 78.3 Å². The Labute approximate surface area is 217 Å². The Kier molecular flexibility index (Phi) is 7.94. The zero-order valence-corrected chi connectivity index (χ0v) is 21.6. The first-order valence-corrected chi connectivity index (χ1v) is 13.6. The van der Waals surface area contributed by atoms with E-state index in [0.29, 0.717) is 6.61 Å². The monoisotopic (exact) mass is 499 g/mol. The number of rotatable bonds is 9. The summed E-state index contributed by atoms with van der Waals surface area (Å²) in [6.07, 6.45) is 6.02. The Morgan fingerprint density at radius 1 is 1.08 bits per heavy atom. The Morgan fingerprint density at radius 2 is 1.97 bits per heavy atom. The van der Waals surface area contributed by atoms with Crippen LogP contribution in [0.2, 0.25) is 0 Å². The van der Waals surface area contributed by atoms with Gasteiger partial charge in [0.15, 0.2) is 0 Å². The van der Waals surface area contributed by atoms with Crippen molar-refractivity contribution in [2.75, 3.05) is 20.2 Å². The van der Waals surface area contributed by atoms with E-state index >= 15 is 0 Å². The Morgan fingerprint density at radius 3 is 2.86 bits per heavy atom. The molecule has 0 saturated carbocycles. The van der Waals surface area contributed by atoms with Crippen molar-refractivity contribution in [2.24, 2.45) is 0 Å². The molecule has 1 atom stereocenters. The van der Waals surface area contributed by atoms with Gasteiger partial charge in [-0.1, -0.05) is 42.5 Å². The second-order valence-corrected chi connectivity index (χ2v) is 10.5. The van der Waals surface area contributed by atoms with Crippen LogP contribution < -0.4 is 4.74 Å². The SMILES string of the molecule is CN(Cc1cccc(OCC[C@@H]2CCCCN2C(=O)c2cccs2)c1)Cc1cccc2cccnc12. The number of likely N-dealkylation sites (tertiary alicyclic amines) is 1. The van der Waals surface area contributed by atoms with Crippen LogP contribution in [-0.2, 0) is 13.1 Å². The average molecular weight is 500 g/mol. The minimum atomic E-state index is 0.168. The number of hydrogen-bond donors (Lipinski definition) is 0. The van der Waals surface area contributed by atoms with E-state index in [-0.39, 0.29) is 11.9 Å². The van der Waals surface area contributed by atoms with Gasteiger partial charge in [0.05, 0.1) is 17.0 Å². The zero-order chi connectivity index (χ0) is 24.7. The molecule has 1 saturated heterocycles. The normalized spacial score (nSPS) is 15.9. The lowest BCUT2D eigenvalue weighted by atomic mass is 9.99. The predicted octanol–water partition coefficient (Wildman–Crippen LogP) is 6.39. The highest BCUT2D eigenvalue weighted by Crippen LogP contribution is 2.25. The van der Waals surface area contributed by atoms with Gasteiger partial charge in [-0.2, -0.15) is 0 Å². The topological polar surface area (TPSA) is 45.7 Å². The number of carbonyl (C=O) groups excluding carboxylic acids is 1. The van der Waals surface area contributed by atoms with E-state index in [0.717, 1.165) is 55.0 Å². The average Bonchev–Trinajstić information content (AvgIpc) is 3.44. The number of amides is 1. The van der Waals surface area contributed by atoms with E-state index in [2.05, 4.69) is 64.3 Å². The number of para-hydroxylation sites is 1. The van der Waals surface area contributed by atoms with Gasteiger partial charge < -0.3 is 9.64 Å². The molecule has 2 aromatic heterocycles. The van der Waals surface area contributed by atoms with E-state index < -0.39 is 0 Å². The predicted molar refractivity (Wildman–Crippen MR) is 146 cm³/mol. The maximum Gasteiger partial charge on any atom is 0.264 e. The molecule has 0 radical (unpaired) electrons. The van der Waals surface area contributed by atoms with Crippen LogP contribution >= 0.6 is 11.3 Å². The molecule has 36 heavy (non-hydrogen) atoms. The molecule has 0 aliphatic carbocycles. The van der Waals surface area contributed by atoms with Crippen LogP contribution in [0, 0.1) is 0 Å². The van der Waals surface area contributed by atoms with Crippen LogP contribution in [-0.4, -0.2) is 46.9 Å². The number of hydrogen-bond acceptors (Lipinski definition) is 5. The first-order valence-electron chi connectivity index (χ1n) is 12.7. The van der Waals surface area contributed by atoms with Crippen molar-refractivity contribution in [3.05, 3.63) is 94.3 Å². The number of piperidine rings is 1. The van der Waals surface area contributed by atoms with Crippen molar-refractivity contribution in [3.8, 4) is 5.75 Å². The largest absolute Gasteiger partial charge is 0.494 e. The zero-order valence-electron chi connectivity index (χ0n) is 20.8. The summed E-state index contributed by atoms with van der Waals surface area (Å²) in [6.45, 7) is 3.11. The van der Waals surface area contributed by atoms with Gasteiger partial charge in [0.1, 0.15) is 5.75 Å². The molecule has 0 unspecified atom stereocenters. The standard InChI is InChI=1S/C30H33N3O2S/c1-32(22-25-10-5-9-24-11-6-16-31-29(24)25)21-23-8-4-13-27(20-23)35-18-15-26-12-2-3-17-33(26)30(34)28-14-7-19-36-28/h4-11,13-14,16,19-20,26H,2-3,12,15,17-18,21-22H2,1H3/t26-/m0/s1. The van der Waals surface area contributed by atoms with Gasteiger partial charge in [0.25, 0.3) is 5.91 Å². The lowest BCUT2D eigenvalue weighted by Crippen LogP contribution is -2.44. The number of carbonyl (C=O) groups is 1. The molecular weight excluding hydrogens is 466 g/mol. The minimum absolute atomic E-state index is 0.168. The van der Waals surface area contributed by atoms with Gasteiger partial charge >= 0.3 is 0 Å². The van der Waals surface area contributed by atoms with Gasteiger partial charge in [-0.3, -0.25) is 14.7 Å². The molecule has 2 aromatic carbocycles. The second kappa shape index (κ2) is 11.7. The van der Waals surface area contributed by atoms with Gasteiger partial charge in [-0.25, -0.2) is 0 Å². The number of nitrogens with zero attached hydrogens (tertiary/aromatic N) is 3. The summed E-state index contributed by atoms with van der Waals surface area (Å²) in [5.74, 6) is 1.06. The Hall–Kier alpha value is -3.22. The highest BCUT2D eigenvalue weighted by molar-refractivity contribution is 7.12. The Balaban J connectivity index is 1.15. The first kappa shape index (κ1) is 24.5. The summed E-state index contributed by atoms with van der Waals surface area (Å²) in [5.41, 5.74) is 3.52. The van der Waals surface area contributed by atoms with Crippen molar-refractivity contribution in [3.63, 3.8) is 0 Å². The fraction of sp³-hybridized carbons (Fsp3) is 0.333. The van der Waals surface area contributed by atoms with E-state index in [1.54, 1.807) is 0 Å². The summed E-state index contributed by atoms with van der Waals surface area (Å²) >= 11 is 1.52. The molecule has 1 aliphatic heterocycles. The van der Waals surface area contributed by atoms with Crippen molar-refractivity contribution < 1.29 is 9.53 Å². The van der Waals surface area contributed by atoms with E-state index in [4.69, 9.17) is 4.74 Å². The fourth-order valence-electron chi connectivity index (χ4n) is 5.11. The van der Waals surface area contributed by atoms with E-state index in [1.165, 1.54) is 34.3 Å². The summed E-state index contributed by atoms with van der Waals surface area (Å²) in [6, 6.07) is 22.9. The molecule has 6 heteroatoms. The number of aromatic nitrogens is 1. The van der Waals surface area contributed by atoms with Crippen LogP contribution in [0.4, 0.5) is 0 Å². The summed E-state index contributed by atoms with van der Waals surface area (Å²) in [5, 5.41) is 3.14. The number of benzene rings is 2. The van der Waals surface area contributed by atoms with Crippen LogP contribution in [0.1, 0.15) is 46.5 Å². The number of ether oxygens (including phenoxy) is 1. The molecule has 1 aliphatic rings. The molecular formula is C30H33N3O2S. The third kappa shape index (κ3) is 5.94. The highest BCUT2D eigenvalue weighted by Gasteiger charge is 2.27. The van der Waals surface area contributed by atoms with Crippen molar-refractivity contribution in [1.29, 1.82) is 0 Å². The minimum Gasteiger partial charge on any atom is -0.494 e. The molecule has 3 heterocycles. The fourth-order valence-corrected chi connectivity index (χ4v) is 5.79. The molecule has 0 spiro atoms. The lowest BCUT2D eigenvalue weighted by molar-refractivity contribution is 0.0585. The molecule has 1 amide bonds. The van der Waals surface area contributed by atoms with Crippen molar-refractivity contribution >= 4 is 28.1 Å². The third-order valence-electron chi connectivity index (χ3n) is 6.85. The smallest absolute Gasteiger partial charge is 0.264 e. The molecule has 5 rings (SSSR count). The van der Waals surface area contributed by atoms with Crippen molar-refractivity contribution in [1.82, 2.24) is 14.8 Å². The van der Waals surface area contributed by atoms with Crippen LogP contribution in [0.25, 0.3) is 10.9 Å². The Bertz CT molecular complexity index is 1290. The lowest BCUT2D eigenvalue weighted by Gasteiger charge is -2.35.